The van der Waals surface area contributed by atoms with Crippen LogP contribution in [0.4, 0.5) is 11.6 Å². The Morgan fingerprint density at radius 3 is 2.75 bits per heavy atom. The van der Waals surface area contributed by atoms with Gasteiger partial charge in [-0.2, -0.15) is 0 Å². The van der Waals surface area contributed by atoms with Crippen molar-refractivity contribution in [1.82, 2.24) is 10.2 Å². The van der Waals surface area contributed by atoms with Crippen LogP contribution in [0.5, 0.6) is 0 Å². The largest absolute Gasteiger partial charge is 0.392 e. The summed E-state index contributed by atoms with van der Waals surface area (Å²) in [7, 11) is 0. The Bertz CT molecular complexity index is 363. The van der Waals surface area contributed by atoms with Gasteiger partial charge in [0.15, 0.2) is 5.82 Å². The highest BCUT2D eigenvalue weighted by atomic mass is 16.3. The summed E-state index contributed by atoms with van der Waals surface area (Å²) in [6, 6.07) is 3.62. The van der Waals surface area contributed by atoms with Gasteiger partial charge in [-0.1, -0.05) is 13.8 Å². The van der Waals surface area contributed by atoms with Crippen LogP contribution in [0.25, 0.3) is 0 Å². The summed E-state index contributed by atoms with van der Waals surface area (Å²) in [5.74, 6) is 1.26. The first kappa shape index (κ1) is 11.1. The number of hydrogen-bond donors (Lipinski definition) is 2. The number of hydrogen-bond acceptors (Lipinski definition) is 5. The molecule has 1 fully saturated rings. The SMILES string of the molecule is CC1(C)CN(c2ccc(N)nn2)CCC1O. The minimum absolute atomic E-state index is 0.110. The molecule has 5 nitrogen and oxygen atoms in total. The van der Waals surface area contributed by atoms with Crippen molar-refractivity contribution in [2.75, 3.05) is 23.7 Å². The molecule has 16 heavy (non-hydrogen) atoms. The molecule has 2 heterocycles. The summed E-state index contributed by atoms with van der Waals surface area (Å²) in [6.07, 6.45) is 0.518. The highest BCUT2D eigenvalue weighted by Crippen LogP contribution is 2.31. The van der Waals surface area contributed by atoms with Crippen molar-refractivity contribution < 1.29 is 5.11 Å². The van der Waals surface area contributed by atoms with Gasteiger partial charge in [0.05, 0.1) is 6.10 Å². The summed E-state index contributed by atoms with van der Waals surface area (Å²) in [6.45, 7) is 5.72. The third-order valence-corrected chi connectivity index (χ3v) is 3.17. The number of nitrogen functional groups attached to an aromatic ring is 1. The van der Waals surface area contributed by atoms with Gasteiger partial charge >= 0.3 is 0 Å². The van der Waals surface area contributed by atoms with Crippen molar-refractivity contribution in [3.8, 4) is 0 Å². The lowest BCUT2D eigenvalue weighted by atomic mass is 9.81. The van der Waals surface area contributed by atoms with Gasteiger partial charge in [0, 0.05) is 18.5 Å². The summed E-state index contributed by atoms with van der Waals surface area (Å²) >= 11 is 0. The third kappa shape index (κ3) is 2.09. The molecule has 1 aliphatic heterocycles. The van der Waals surface area contributed by atoms with Crippen LogP contribution in [0.15, 0.2) is 12.1 Å². The molecule has 0 aliphatic carbocycles. The minimum atomic E-state index is -0.245. The predicted molar refractivity (Wildman–Crippen MR) is 63.1 cm³/mol. The zero-order chi connectivity index (χ0) is 11.8. The molecule has 0 saturated carbocycles. The summed E-state index contributed by atoms with van der Waals surface area (Å²) in [5.41, 5.74) is 5.39. The molecule has 1 atom stereocenters. The van der Waals surface area contributed by atoms with Gasteiger partial charge in [-0.3, -0.25) is 0 Å². The van der Waals surface area contributed by atoms with E-state index in [9.17, 15) is 5.11 Å². The molecular formula is C11H18N4O. The number of nitrogens with zero attached hydrogens (tertiary/aromatic N) is 3. The Kier molecular flexibility index (Phi) is 2.71. The van der Waals surface area contributed by atoms with Crippen LogP contribution in [0.3, 0.4) is 0 Å². The van der Waals surface area contributed by atoms with Crippen LogP contribution in [0.2, 0.25) is 0 Å². The summed E-state index contributed by atoms with van der Waals surface area (Å²) in [5, 5.41) is 17.8. The maximum Gasteiger partial charge on any atom is 0.151 e. The molecule has 0 amide bonds. The number of rotatable bonds is 1. The van der Waals surface area contributed by atoms with Crippen molar-refractivity contribution in [2.45, 2.75) is 26.4 Å². The molecule has 88 valence electrons. The number of nitrogens with two attached hydrogens (primary N) is 1. The van der Waals surface area contributed by atoms with Gasteiger partial charge in [0.1, 0.15) is 5.82 Å². The van der Waals surface area contributed by atoms with Crippen LogP contribution in [-0.4, -0.2) is 34.5 Å². The summed E-state index contributed by atoms with van der Waals surface area (Å²) in [4.78, 5) is 2.14. The smallest absolute Gasteiger partial charge is 0.151 e. The fraction of sp³-hybridized carbons (Fsp3) is 0.636. The maximum absolute atomic E-state index is 9.86. The van der Waals surface area contributed by atoms with Crippen LogP contribution >= 0.6 is 0 Å². The minimum Gasteiger partial charge on any atom is -0.392 e. The first-order chi connectivity index (χ1) is 7.49. The second-order valence-corrected chi connectivity index (χ2v) is 5.03. The van der Waals surface area contributed by atoms with Crippen LogP contribution in [0, 0.1) is 5.41 Å². The molecule has 5 heteroatoms. The topological polar surface area (TPSA) is 75.3 Å². The Labute approximate surface area is 95.3 Å². The average molecular weight is 222 g/mol. The zero-order valence-corrected chi connectivity index (χ0v) is 9.72. The van der Waals surface area contributed by atoms with Gasteiger partial charge in [-0.25, -0.2) is 0 Å². The first-order valence-electron chi connectivity index (χ1n) is 5.51. The van der Waals surface area contributed by atoms with E-state index in [1.165, 1.54) is 0 Å². The molecule has 2 rings (SSSR count). The standard InChI is InChI=1S/C11H18N4O/c1-11(2)7-15(6-5-8(11)16)10-4-3-9(12)13-14-10/h3-4,8,16H,5-7H2,1-2H3,(H2,12,13). The third-order valence-electron chi connectivity index (χ3n) is 3.17. The Morgan fingerprint density at radius 2 is 2.19 bits per heavy atom. The highest BCUT2D eigenvalue weighted by Gasteiger charge is 2.35. The predicted octanol–water partition coefficient (Wildman–Crippen LogP) is 0.656. The monoisotopic (exact) mass is 222 g/mol. The normalized spacial score (nSPS) is 24.4. The van der Waals surface area contributed by atoms with E-state index in [1.54, 1.807) is 6.07 Å². The Morgan fingerprint density at radius 1 is 1.44 bits per heavy atom. The van der Waals surface area contributed by atoms with E-state index in [0.717, 1.165) is 25.3 Å². The molecule has 1 unspecified atom stereocenters. The number of aliphatic hydroxyl groups excluding tert-OH is 1. The van der Waals surface area contributed by atoms with Gasteiger partial charge < -0.3 is 15.7 Å². The molecule has 1 aromatic heterocycles. The summed E-state index contributed by atoms with van der Waals surface area (Å²) < 4.78 is 0. The van der Waals surface area contributed by atoms with E-state index in [4.69, 9.17) is 5.73 Å². The molecule has 0 bridgehead atoms. The molecular weight excluding hydrogens is 204 g/mol. The molecule has 1 saturated heterocycles. The lowest BCUT2D eigenvalue weighted by molar-refractivity contribution is 0.0334. The lowest BCUT2D eigenvalue weighted by Gasteiger charge is -2.42. The van der Waals surface area contributed by atoms with E-state index >= 15 is 0 Å². The van der Waals surface area contributed by atoms with E-state index in [-0.39, 0.29) is 11.5 Å². The van der Waals surface area contributed by atoms with E-state index < -0.39 is 0 Å². The molecule has 0 radical (unpaired) electrons. The average Bonchev–Trinajstić information content (AvgIpc) is 2.23. The second kappa shape index (κ2) is 3.90. The molecule has 3 N–H and O–H groups in total. The molecule has 0 aromatic carbocycles. The van der Waals surface area contributed by atoms with Gasteiger partial charge in [0.2, 0.25) is 0 Å². The Hall–Kier alpha value is -1.36. The van der Waals surface area contributed by atoms with Gasteiger partial charge in [-0.05, 0) is 18.6 Å². The van der Waals surface area contributed by atoms with Crippen LogP contribution in [-0.2, 0) is 0 Å². The number of piperidine rings is 1. The van der Waals surface area contributed by atoms with E-state index in [2.05, 4.69) is 28.9 Å². The number of aromatic nitrogens is 2. The molecule has 1 aliphatic rings. The van der Waals surface area contributed by atoms with Crippen molar-refractivity contribution in [2.24, 2.45) is 5.41 Å². The van der Waals surface area contributed by atoms with Crippen molar-refractivity contribution >= 4 is 11.6 Å². The first-order valence-corrected chi connectivity index (χ1v) is 5.51. The fourth-order valence-corrected chi connectivity index (χ4v) is 2.04. The van der Waals surface area contributed by atoms with Crippen molar-refractivity contribution in [1.29, 1.82) is 0 Å². The van der Waals surface area contributed by atoms with E-state index in [0.29, 0.717) is 5.82 Å². The number of anilines is 2. The zero-order valence-electron chi connectivity index (χ0n) is 9.72. The van der Waals surface area contributed by atoms with E-state index in [1.807, 2.05) is 6.07 Å². The van der Waals surface area contributed by atoms with Crippen molar-refractivity contribution in [3.63, 3.8) is 0 Å². The van der Waals surface area contributed by atoms with Crippen LogP contribution < -0.4 is 10.6 Å². The second-order valence-electron chi connectivity index (χ2n) is 5.03. The maximum atomic E-state index is 9.86. The van der Waals surface area contributed by atoms with Gasteiger partial charge in [0.25, 0.3) is 0 Å². The van der Waals surface area contributed by atoms with Gasteiger partial charge in [-0.15, -0.1) is 10.2 Å². The number of aliphatic hydroxyl groups is 1. The quantitative estimate of drug-likeness (QED) is 0.730. The van der Waals surface area contributed by atoms with Crippen molar-refractivity contribution in [3.05, 3.63) is 12.1 Å². The fourth-order valence-electron chi connectivity index (χ4n) is 2.04. The molecule has 1 aromatic rings. The Balaban J connectivity index is 2.14. The lowest BCUT2D eigenvalue weighted by Crippen LogP contribution is -2.49. The highest BCUT2D eigenvalue weighted by molar-refractivity contribution is 5.42. The molecule has 0 spiro atoms. The van der Waals surface area contributed by atoms with Crippen LogP contribution in [0.1, 0.15) is 20.3 Å².